The smallest absolute Gasteiger partial charge is 0.345 e. The molecule has 0 amide bonds. The zero-order chi connectivity index (χ0) is 15.4. The molecule has 0 fully saturated rings. The lowest BCUT2D eigenvalue weighted by atomic mass is 10.1. The highest BCUT2D eigenvalue weighted by atomic mass is 32.1. The summed E-state index contributed by atoms with van der Waals surface area (Å²) in [4.78, 5) is 13.6. The molecule has 21 heavy (non-hydrogen) atoms. The molecule has 1 aromatic heterocycles. The molecule has 0 aliphatic rings. The number of nitrogens with one attached hydrogen (secondary N) is 1. The molecule has 0 radical (unpaired) electrons. The predicted octanol–water partition coefficient (Wildman–Crippen LogP) is 3.82. The molecule has 0 spiro atoms. The van der Waals surface area contributed by atoms with Gasteiger partial charge in [-0.25, -0.2) is 4.79 Å². The molecule has 0 saturated heterocycles. The van der Waals surface area contributed by atoms with Crippen molar-refractivity contribution in [1.29, 1.82) is 0 Å². The molecule has 0 saturated carbocycles. The Morgan fingerprint density at radius 3 is 2.52 bits per heavy atom. The number of thiophene rings is 1. The molecule has 4 nitrogen and oxygen atoms in total. The molecule has 0 bridgehead atoms. The van der Waals surface area contributed by atoms with Crippen LogP contribution < -0.4 is 10.2 Å². The third kappa shape index (κ3) is 3.08. The normalized spacial score (nSPS) is 10.3. The Labute approximate surface area is 128 Å². The van der Waals surface area contributed by atoms with Crippen LogP contribution in [0.5, 0.6) is 0 Å². The number of rotatable bonds is 7. The third-order valence-electron chi connectivity index (χ3n) is 3.15. The highest BCUT2D eigenvalue weighted by molar-refractivity contribution is 7.20. The quantitative estimate of drug-likeness (QED) is 0.763. The molecular formula is C16H18N2O2S. The van der Waals surface area contributed by atoms with E-state index >= 15 is 0 Å². The Kier molecular flexibility index (Phi) is 4.65. The summed E-state index contributed by atoms with van der Waals surface area (Å²) in [6, 6.07) is 5.70. The van der Waals surface area contributed by atoms with Gasteiger partial charge in [-0.3, -0.25) is 0 Å². The van der Waals surface area contributed by atoms with E-state index < -0.39 is 5.97 Å². The lowest BCUT2D eigenvalue weighted by Gasteiger charge is -2.24. The molecular weight excluding hydrogens is 284 g/mol. The highest BCUT2D eigenvalue weighted by Crippen LogP contribution is 2.35. The van der Waals surface area contributed by atoms with Crippen molar-refractivity contribution in [1.82, 2.24) is 0 Å². The van der Waals surface area contributed by atoms with E-state index in [9.17, 15) is 4.79 Å². The maximum atomic E-state index is 11.1. The summed E-state index contributed by atoms with van der Waals surface area (Å²) in [6.45, 7) is 8.96. The number of carbonyl (C=O) groups is 1. The van der Waals surface area contributed by atoms with Gasteiger partial charge in [-0.2, -0.15) is 0 Å². The maximum absolute atomic E-state index is 11.1. The predicted molar refractivity (Wildman–Crippen MR) is 90.9 cm³/mol. The number of anilines is 2. The number of carboxylic acids is 1. The van der Waals surface area contributed by atoms with Gasteiger partial charge in [0.25, 0.3) is 0 Å². The van der Waals surface area contributed by atoms with Crippen molar-refractivity contribution in [3.05, 3.63) is 48.4 Å². The first-order chi connectivity index (χ1) is 10.1. The van der Waals surface area contributed by atoms with Gasteiger partial charge in [0.15, 0.2) is 0 Å². The molecule has 1 heterocycles. The van der Waals surface area contributed by atoms with E-state index in [-0.39, 0.29) is 0 Å². The number of hydrogen-bond donors (Lipinski definition) is 2. The van der Waals surface area contributed by atoms with Crippen LogP contribution in [0.4, 0.5) is 11.4 Å². The van der Waals surface area contributed by atoms with Crippen LogP contribution in [-0.4, -0.2) is 31.2 Å². The highest BCUT2D eigenvalue weighted by Gasteiger charge is 2.14. The minimum atomic E-state index is -0.891. The van der Waals surface area contributed by atoms with E-state index in [0.717, 1.165) is 21.5 Å². The fourth-order valence-electron chi connectivity index (χ4n) is 2.23. The fraction of sp³-hybridized carbons (Fsp3) is 0.188. The number of nitrogens with zero attached hydrogens (tertiary/aromatic N) is 1. The van der Waals surface area contributed by atoms with Gasteiger partial charge >= 0.3 is 5.97 Å². The van der Waals surface area contributed by atoms with Crippen LogP contribution in [0.1, 0.15) is 9.67 Å². The van der Waals surface area contributed by atoms with Crippen molar-refractivity contribution in [2.75, 3.05) is 30.4 Å². The van der Waals surface area contributed by atoms with Gasteiger partial charge < -0.3 is 15.3 Å². The summed E-state index contributed by atoms with van der Waals surface area (Å²) in [7, 11) is 1.86. The summed E-state index contributed by atoms with van der Waals surface area (Å²) < 4.78 is 0.958. The van der Waals surface area contributed by atoms with Crippen molar-refractivity contribution >= 4 is 38.8 Å². The van der Waals surface area contributed by atoms with Crippen LogP contribution in [-0.2, 0) is 0 Å². The monoisotopic (exact) mass is 302 g/mol. The zero-order valence-electron chi connectivity index (χ0n) is 11.9. The minimum absolute atomic E-state index is 0.350. The van der Waals surface area contributed by atoms with Crippen LogP contribution in [0, 0.1) is 0 Å². The Bertz CT molecular complexity index is 681. The van der Waals surface area contributed by atoms with Crippen LogP contribution in [0.25, 0.3) is 10.1 Å². The van der Waals surface area contributed by atoms with Crippen molar-refractivity contribution in [3.63, 3.8) is 0 Å². The number of aromatic carboxylic acids is 1. The maximum Gasteiger partial charge on any atom is 0.345 e. The summed E-state index contributed by atoms with van der Waals surface area (Å²) in [5.41, 5.74) is 1.98. The molecule has 0 aliphatic carbocycles. The van der Waals surface area contributed by atoms with Crippen LogP contribution >= 0.6 is 11.3 Å². The molecule has 110 valence electrons. The molecule has 1 aromatic carbocycles. The van der Waals surface area contributed by atoms with E-state index in [0.29, 0.717) is 18.0 Å². The van der Waals surface area contributed by atoms with Gasteiger partial charge in [0.05, 0.1) is 11.4 Å². The molecule has 2 rings (SSSR count). The van der Waals surface area contributed by atoms with E-state index in [1.54, 1.807) is 6.07 Å². The first kappa shape index (κ1) is 15.1. The molecule has 2 N–H and O–H groups in total. The standard InChI is InChI=1S/C16H18N2O2S/c1-4-6-18(7-5-2)13-10-14-11(8-12(13)17-3)9-15(21-14)16(19)20/h4-5,8-10,17H,1-2,6-7H2,3H3,(H,19,20). The van der Waals surface area contributed by atoms with Crippen molar-refractivity contribution < 1.29 is 9.90 Å². The summed E-state index contributed by atoms with van der Waals surface area (Å²) in [6.07, 6.45) is 3.68. The molecule has 2 aromatic rings. The van der Waals surface area contributed by atoms with Gasteiger partial charge in [-0.1, -0.05) is 12.2 Å². The fourth-order valence-corrected chi connectivity index (χ4v) is 3.14. The van der Waals surface area contributed by atoms with E-state index in [2.05, 4.69) is 23.4 Å². The average molecular weight is 302 g/mol. The molecule has 0 unspecified atom stereocenters. The Balaban J connectivity index is 2.57. The van der Waals surface area contributed by atoms with Crippen molar-refractivity contribution in [2.45, 2.75) is 0 Å². The molecule has 5 heteroatoms. The van der Waals surface area contributed by atoms with Crippen molar-refractivity contribution in [2.24, 2.45) is 0 Å². The second-order valence-electron chi connectivity index (χ2n) is 4.56. The largest absolute Gasteiger partial charge is 0.477 e. The average Bonchev–Trinajstić information content (AvgIpc) is 2.88. The first-order valence-electron chi connectivity index (χ1n) is 6.56. The minimum Gasteiger partial charge on any atom is -0.477 e. The lowest BCUT2D eigenvalue weighted by Crippen LogP contribution is -2.23. The number of hydrogen-bond acceptors (Lipinski definition) is 4. The molecule has 0 atom stereocenters. The van der Waals surface area contributed by atoms with Gasteiger partial charge in [0.1, 0.15) is 4.88 Å². The topological polar surface area (TPSA) is 52.6 Å². The molecule has 0 aliphatic heterocycles. The third-order valence-corrected chi connectivity index (χ3v) is 4.24. The second kappa shape index (κ2) is 6.45. The zero-order valence-corrected chi connectivity index (χ0v) is 12.7. The van der Waals surface area contributed by atoms with Crippen LogP contribution in [0.15, 0.2) is 43.5 Å². The Hall–Kier alpha value is -2.27. The SMILES string of the molecule is C=CCN(CC=C)c1cc2sc(C(=O)O)cc2cc1NC. The van der Waals surface area contributed by atoms with E-state index in [1.807, 2.05) is 31.3 Å². The number of benzene rings is 1. The number of fused-ring (bicyclic) bond motifs is 1. The number of carboxylic acid groups (broad SMARTS) is 1. The summed E-state index contributed by atoms with van der Waals surface area (Å²) in [5.74, 6) is -0.891. The van der Waals surface area contributed by atoms with E-state index in [4.69, 9.17) is 5.11 Å². The van der Waals surface area contributed by atoms with Gasteiger partial charge in [0, 0.05) is 24.8 Å². The lowest BCUT2D eigenvalue weighted by molar-refractivity contribution is 0.0702. The summed E-state index contributed by atoms with van der Waals surface area (Å²) in [5, 5.41) is 13.2. The van der Waals surface area contributed by atoms with Crippen LogP contribution in [0.2, 0.25) is 0 Å². The Morgan fingerprint density at radius 2 is 2.00 bits per heavy atom. The van der Waals surface area contributed by atoms with Gasteiger partial charge in [-0.05, 0) is 23.6 Å². The first-order valence-corrected chi connectivity index (χ1v) is 7.37. The van der Waals surface area contributed by atoms with Crippen molar-refractivity contribution in [3.8, 4) is 0 Å². The van der Waals surface area contributed by atoms with Crippen LogP contribution in [0.3, 0.4) is 0 Å². The summed E-state index contributed by atoms with van der Waals surface area (Å²) >= 11 is 1.29. The second-order valence-corrected chi connectivity index (χ2v) is 5.64. The van der Waals surface area contributed by atoms with Gasteiger partial charge in [-0.15, -0.1) is 24.5 Å². The van der Waals surface area contributed by atoms with Gasteiger partial charge in [0.2, 0.25) is 0 Å². The Morgan fingerprint density at radius 1 is 1.33 bits per heavy atom. The van der Waals surface area contributed by atoms with E-state index in [1.165, 1.54) is 11.3 Å².